The van der Waals surface area contributed by atoms with Crippen LogP contribution >= 0.6 is 0 Å². The van der Waals surface area contributed by atoms with E-state index in [1.165, 1.54) is 31.4 Å². The molecule has 7 heteroatoms. The SMILES string of the molecule is COc1ccc([N+](=O)[O-])cc1NC(=O)/C(C#N)=C/c1ccc(C(C)C)cc1. The largest absolute Gasteiger partial charge is 0.495 e. The second-order valence-electron chi connectivity index (χ2n) is 6.09. The highest BCUT2D eigenvalue weighted by molar-refractivity contribution is 6.10. The van der Waals surface area contributed by atoms with Gasteiger partial charge in [0, 0.05) is 12.1 Å². The molecule has 0 aliphatic carbocycles. The number of methoxy groups -OCH3 is 1. The minimum Gasteiger partial charge on any atom is -0.495 e. The van der Waals surface area contributed by atoms with Crippen molar-refractivity contribution in [3.63, 3.8) is 0 Å². The molecule has 0 unspecified atom stereocenters. The normalized spacial score (nSPS) is 11.0. The molecule has 1 N–H and O–H groups in total. The lowest BCUT2D eigenvalue weighted by Gasteiger charge is -2.09. The number of non-ortho nitro benzene ring substituents is 1. The van der Waals surface area contributed by atoms with Gasteiger partial charge in [-0.3, -0.25) is 14.9 Å². The van der Waals surface area contributed by atoms with E-state index in [1.807, 2.05) is 30.3 Å². The highest BCUT2D eigenvalue weighted by Gasteiger charge is 2.16. The number of amides is 1. The molecule has 0 bridgehead atoms. The number of anilines is 1. The second-order valence-corrected chi connectivity index (χ2v) is 6.09. The molecule has 2 rings (SSSR count). The van der Waals surface area contributed by atoms with Gasteiger partial charge in [0.1, 0.15) is 17.4 Å². The number of nitro groups is 1. The lowest BCUT2D eigenvalue weighted by molar-refractivity contribution is -0.384. The summed E-state index contributed by atoms with van der Waals surface area (Å²) in [5.41, 5.74) is 1.65. The Morgan fingerprint density at radius 1 is 1.26 bits per heavy atom. The molecule has 0 atom stereocenters. The highest BCUT2D eigenvalue weighted by atomic mass is 16.6. The van der Waals surface area contributed by atoms with Gasteiger partial charge in [0.25, 0.3) is 11.6 Å². The minimum absolute atomic E-state index is 0.119. The Hall–Kier alpha value is -3.66. The zero-order chi connectivity index (χ0) is 20.0. The van der Waals surface area contributed by atoms with Crippen LogP contribution in [-0.2, 0) is 4.79 Å². The van der Waals surface area contributed by atoms with Gasteiger partial charge in [-0.1, -0.05) is 38.1 Å². The van der Waals surface area contributed by atoms with Crippen molar-refractivity contribution in [2.24, 2.45) is 0 Å². The topological polar surface area (TPSA) is 105 Å². The van der Waals surface area contributed by atoms with E-state index in [4.69, 9.17) is 4.74 Å². The van der Waals surface area contributed by atoms with Gasteiger partial charge in [0.15, 0.2) is 0 Å². The van der Waals surface area contributed by atoms with Crippen molar-refractivity contribution in [3.05, 3.63) is 69.3 Å². The number of benzene rings is 2. The fourth-order valence-electron chi connectivity index (χ4n) is 2.39. The van der Waals surface area contributed by atoms with E-state index in [9.17, 15) is 20.2 Å². The third-order valence-electron chi connectivity index (χ3n) is 3.92. The molecule has 0 saturated carbocycles. The van der Waals surface area contributed by atoms with E-state index in [0.717, 1.165) is 5.56 Å². The van der Waals surface area contributed by atoms with Crippen molar-refractivity contribution in [1.82, 2.24) is 0 Å². The number of nitro benzene ring substituents is 1. The summed E-state index contributed by atoms with van der Waals surface area (Å²) in [5.74, 6) is -0.0418. The van der Waals surface area contributed by atoms with Crippen LogP contribution in [-0.4, -0.2) is 17.9 Å². The molecule has 0 aliphatic heterocycles. The van der Waals surface area contributed by atoms with E-state index in [2.05, 4.69) is 19.2 Å². The van der Waals surface area contributed by atoms with Crippen molar-refractivity contribution in [2.75, 3.05) is 12.4 Å². The van der Waals surface area contributed by atoms with Gasteiger partial charge in [-0.05, 0) is 29.2 Å². The molecule has 0 heterocycles. The Balaban J connectivity index is 2.28. The van der Waals surface area contributed by atoms with Gasteiger partial charge < -0.3 is 10.1 Å². The zero-order valence-electron chi connectivity index (χ0n) is 15.2. The molecular weight excluding hydrogens is 346 g/mol. The van der Waals surface area contributed by atoms with Crippen LogP contribution in [0.25, 0.3) is 6.08 Å². The van der Waals surface area contributed by atoms with Gasteiger partial charge in [0.05, 0.1) is 17.7 Å². The molecule has 0 saturated heterocycles. The first kappa shape index (κ1) is 19.7. The van der Waals surface area contributed by atoms with Crippen LogP contribution in [0.1, 0.15) is 30.9 Å². The molecule has 0 spiro atoms. The summed E-state index contributed by atoms with van der Waals surface area (Å²) >= 11 is 0. The van der Waals surface area contributed by atoms with E-state index >= 15 is 0 Å². The first-order valence-corrected chi connectivity index (χ1v) is 8.21. The van der Waals surface area contributed by atoms with Gasteiger partial charge in [-0.15, -0.1) is 0 Å². The molecule has 7 nitrogen and oxygen atoms in total. The molecule has 0 radical (unpaired) electrons. The molecule has 2 aromatic rings. The molecule has 0 aromatic heterocycles. The van der Waals surface area contributed by atoms with Gasteiger partial charge in [0.2, 0.25) is 0 Å². The summed E-state index contributed by atoms with van der Waals surface area (Å²) in [6, 6.07) is 13.2. The van der Waals surface area contributed by atoms with Crippen molar-refractivity contribution < 1.29 is 14.5 Å². The number of carbonyl (C=O) groups excluding carboxylic acids is 1. The summed E-state index contributed by atoms with van der Waals surface area (Å²) in [7, 11) is 1.38. The van der Waals surface area contributed by atoms with Crippen molar-refractivity contribution in [2.45, 2.75) is 19.8 Å². The van der Waals surface area contributed by atoms with Crippen LogP contribution in [0.3, 0.4) is 0 Å². The summed E-state index contributed by atoms with van der Waals surface area (Å²) < 4.78 is 5.11. The van der Waals surface area contributed by atoms with Crippen molar-refractivity contribution >= 4 is 23.4 Å². The highest BCUT2D eigenvalue weighted by Crippen LogP contribution is 2.29. The van der Waals surface area contributed by atoms with Crippen LogP contribution in [0.15, 0.2) is 48.0 Å². The average molecular weight is 365 g/mol. The van der Waals surface area contributed by atoms with E-state index in [1.54, 1.807) is 0 Å². The number of hydrogen-bond acceptors (Lipinski definition) is 5. The van der Waals surface area contributed by atoms with Crippen LogP contribution in [0.2, 0.25) is 0 Å². The maximum absolute atomic E-state index is 12.4. The fourth-order valence-corrected chi connectivity index (χ4v) is 2.39. The lowest BCUT2D eigenvalue weighted by Crippen LogP contribution is -2.14. The zero-order valence-corrected chi connectivity index (χ0v) is 15.2. The predicted octanol–water partition coefficient (Wildman–Crippen LogP) is 4.27. The van der Waals surface area contributed by atoms with Crippen LogP contribution in [0, 0.1) is 21.4 Å². The first-order valence-electron chi connectivity index (χ1n) is 8.21. The maximum Gasteiger partial charge on any atom is 0.271 e. The van der Waals surface area contributed by atoms with Gasteiger partial charge in [-0.2, -0.15) is 5.26 Å². The summed E-state index contributed by atoms with van der Waals surface area (Å²) in [4.78, 5) is 22.8. The Morgan fingerprint density at radius 2 is 1.93 bits per heavy atom. The van der Waals surface area contributed by atoms with Gasteiger partial charge >= 0.3 is 0 Å². The van der Waals surface area contributed by atoms with Crippen molar-refractivity contribution in [3.8, 4) is 11.8 Å². The number of rotatable bonds is 6. The summed E-state index contributed by atoms with van der Waals surface area (Å²) in [5, 5.41) is 22.8. The predicted molar refractivity (Wildman–Crippen MR) is 102 cm³/mol. The molecule has 138 valence electrons. The Morgan fingerprint density at radius 3 is 2.44 bits per heavy atom. The molecule has 0 fully saturated rings. The minimum atomic E-state index is -0.677. The maximum atomic E-state index is 12.4. The van der Waals surface area contributed by atoms with Gasteiger partial charge in [-0.25, -0.2) is 0 Å². The Kier molecular flexibility index (Phi) is 6.28. The molecule has 2 aromatic carbocycles. The number of ether oxygens (including phenoxy) is 1. The van der Waals surface area contributed by atoms with E-state index in [0.29, 0.717) is 11.5 Å². The lowest BCUT2D eigenvalue weighted by atomic mass is 10.0. The Bertz CT molecular complexity index is 925. The monoisotopic (exact) mass is 365 g/mol. The second kappa shape index (κ2) is 8.63. The molecular formula is C20H19N3O4. The van der Waals surface area contributed by atoms with Crippen LogP contribution in [0.4, 0.5) is 11.4 Å². The first-order chi connectivity index (χ1) is 12.8. The number of nitriles is 1. The third-order valence-corrected chi connectivity index (χ3v) is 3.92. The fraction of sp³-hybridized carbons (Fsp3) is 0.200. The number of hydrogen-bond donors (Lipinski definition) is 1. The number of nitrogens with one attached hydrogen (secondary N) is 1. The number of carbonyl (C=O) groups is 1. The standard InChI is InChI=1S/C20H19N3O4/c1-13(2)15-6-4-14(5-7-15)10-16(12-21)20(24)22-18-11-17(23(25)26)8-9-19(18)27-3/h4-11,13H,1-3H3,(H,22,24)/b16-10+. The average Bonchev–Trinajstić information content (AvgIpc) is 2.66. The molecule has 27 heavy (non-hydrogen) atoms. The quantitative estimate of drug-likeness (QED) is 0.356. The van der Waals surface area contributed by atoms with Crippen LogP contribution in [0.5, 0.6) is 5.75 Å². The van der Waals surface area contributed by atoms with Crippen LogP contribution < -0.4 is 10.1 Å². The summed E-state index contributed by atoms with van der Waals surface area (Å²) in [6.07, 6.45) is 1.46. The van der Waals surface area contributed by atoms with Crippen molar-refractivity contribution in [1.29, 1.82) is 5.26 Å². The van der Waals surface area contributed by atoms with E-state index in [-0.39, 0.29) is 22.7 Å². The summed E-state index contributed by atoms with van der Waals surface area (Å²) in [6.45, 7) is 4.15. The third kappa shape index (κ3) is 4.92. The Labute approximate surface area is 157 Å². The number of nitrogens with zero attached hydrogens (tertiary/aromatic N) is 2. The molecule has 0 aliphatic rings. The smallest absolute Gasteiger partial charge is 0.271 e. The van der Waals surface area contributed by atoms with E-state index < -0.39 is 10.8 Å². The molecule has 1 amide bonds.